The smallest absolute Gasteiger partial charge is 0.0628 e. The molecule has 0 heterocycles. The van der Waals surface area contributed by atoms with Gasteiger partial charge in [0, 0.05) is 6.42 Å². The third kappa shape index (κ3) is 1.99. The molecule has 0 saturated heterocycles. The Morgan fingerprint density at radius 2 is 2.07 bits per heavy atom. The van der Waals surface area contributed by atoms with E-state index in [1.54, 1.807) is 0 Å². The SMILES string of the molecule is CC(CC#N)c1[c]c2ccccc2cc1. The summed E-state index contributed by atoms with van der Waals surface area (Å²) in [5, 5.41) is 11.0. The van der Waals surface area contributed by atoms with E-state index in [0.717, 1.165) is 10.9 Å². The topological polar surface area (TPSA) is 23.8 Å². The van der Waals surface area contributed by atoms with Gasteiger partial charge >= 0.3 is 0 Å². The molecule has 1 heteroatoms. The van der Waals surface area contributed by atoms with Crippen molar-refractivity contribution in [3.8, 4) is 6.07 Å². The Kier molecular flexibility index (Phi) is 2.69. The summed E-state index contributed by atoms with van der Waals surface area (Å²) < 4.78 is 0. The summed E-state index contributed by atoms with van der Waals surface area (Å²) in [5.74, 6) is 0.264. The minimum absolute atomic E-state index is 0.264. The van der Waals surface area contributed by atoms with Crippen molar-refractivity contribution in [2.75, 3.05) is 0 Å². The maximum absolute atomic E-state index is 8.65. The molecule has 2 aromatic carbocycles. The van der Waals surface area contributed by atoms with Gasteiger partial charge in [-0.1, -0.05) is 43.3 Å². The summed E-state index contributed by atoms with van der Waals surface area (Å²) in [6.07, 6.45) is 0.550. The Balaban J connectivity index is 2.43. The van der Waals surface area contributed by atoms with Crippen LogP contribution in [0.5, 0.6) is 0 Å². The number of nitrogens with zero attached hydrogens (tertiary/aromatic N) is 1. The van der Waals surface area contributed by atoms with Crippen molar-refractivity contribution >= 4 is 10.8 Å². The van der Waals surface area contributed by atoms with E-state index in [4.69, 9.17) is 5.26 Å². The van der Waals surface area contributed by atoms with Gasteiger partial charge in [-0.2, -0.15) is 5.26 Å². The molecule has 0 N–H and O–H groups in total. The van der Waals surface area contributed by atoms with E-state index in [1.165, 1.54) is 5.39 Å². The van der Waals surface area contributed by atoms with Gasteiger partial charge in [0.2, 0.25) is 0 Å². The average molecular weight is 194 g/mol. The molecule has 0 aliphatic heterocycles. The first-order chi connectivity index (χ1) is 7.31. The van der Waals surface area contributed by atoms with Gasteiger partial charge < -0.3 is 0 Å². The highest BCUT2D eigenvalue weighted by Gasteiger charge is 2.05. The summed E-state index contributed by atoms with van der Waals surface area (Å²) in [6, 6.07) is 17.9. The molecule has 1 unspecified atom stereocenters. The Morgan fingerprint density at radius 1 is 1.27 bits per heavy atom. The van der Waals surface area contributed by atoms with Crippen LogP contribution < -0.4 is 0 Å². The third-order valence-corrected chi connectivity index (χ3v) is 2.61. The predicted octanol–water partition coefficient (Wildman–Crippen LogP) is 3.66. The maximum atomic E-state index is 8.65. The van der Waals surface area contributed by atoms with Gasteiger partial charge in [-0.3, -0.25) is 0 Å². The van der Waals surface area contributed by atoms with Crippen molar-refractivity contribution in [3.05, 3.63) is 48.0 Å². The molecule has 1 radical (unpaired) electrons. The number of benzene rings is 2. The van der Waals surface area contributed by atoms with Crippen LogP contribution in [0.3, 0.4) is 0 Å². The van der Waals surface area contributed by atoms with Crippen LogP contribution in [-0.4, -0.2) is 0 Å². The molecule has 1 nitrogen and oxygen atoms in total. The molecule has 0 saturated carbocycles. The highest BCUT2D eigenvalue weighted by molar-refractivity contribution is 5.82. The van der Waals surface area contributed by atoms with Crippen molar-refractivity contribution in [3.63, 3.8) is 0 Å². The minimum atomic E-state index is 0.264. The molecule has 0 spiro atoms. The maximum Gasteiger partial charge on any atom is 0.0628 e. The lowest BCUT2D eigenvalue weighted by atomic mass is 9.96. The monoisotopic (exact) mass is 194 g/mol. The molecular formula is C14H12N. The zero-order valence-electron chi connectivity index (χ0n) is 8.70. The molecular weight excluding hydrogens is 182 g/mol. The standard InChI is InChI=1S/C14H12N/c1-11(8-9-15)13-7-6-12-4-2-3-5-14(12)10-13/h2-7,11H,8H2,1H3. The summed E-state index contributed by atoms with van der Waals surface area (Å²) in [7, 11) is 0. The molecule has 0 fully saturated rings. The minimum Gasteiger partial charge on any atom is -0.198 e. The van der Waals surface area contributed by atoms with Gasteiger partial charge in [0.1, 0.15) is 0 Å². The predicted molar refractivity (Wildman–Crippen MR) is 61.4 cm³/mol. The van der Waals surface area contributed by atoms with Crippen molar-refractivity contribution in [1.82, 2.24) is 0 Å². The highest BCUT2D eigenvalue weighted by Crippen LogP contribution is 2.22. The fourth-order valence-corrected chi connectivity index (χ4v) is 1.67. The van der Waals surface area contributed by atoms with Crippen LogP contribution in [0.4, 0.5) is 0 Å². The van der Waals surface area contributed by atoms with Gasteiger partial charge in [-0.25, -0.2) is 0 Å². The van der Waals surface area contributed by atoms with E-state index in [0.29, 0.717) is 6.42 Å². The number of nitriles is 1. The van der Waals surface area contributed by atoms with Crippen LogP contribution in [0, 0.1) is 17.4 Å². The van der Waals surface area contributed by atoms with Crippen LogP contribution in [0.1, 0.15) is 24.8 Å². The zero-order valence-corrected chi connectivity index (χ0v) is 8.70. The lowest BCUT2D eigenvalue weighted by molar-refractivity contribution is 0.789. The summed E-state index contributed by atoms with van der Waals surface area (Å²) in [5.41, 5.74) is 1.12. The van der Waals surface area contributed by atoms with Gasteiger partial charge in [0.15, 0.2) is 0 Å². The molecule has 0 aromatic heterocycles. The average Bonchev–Trinajstić information content (AvgIpc) is 2.29. The molecule has 0 bridgehead atoms. The van der Waals surface area contributed by atoms with Gasteiger partial charge in [-0.05, 0) is 28.3 Å². The molecule has 0 amide bonds. The van der Waals surface area contributed by atoms with Crippen molar-refractivity contribution in [2.24, 2.45) is 0 Å². The molecule has 15 heavy (non-hydrogen) atoms. The van der Waals surface area contributed by atoms with E-state index in [1.807, 2.05) is 12.1 Å². The molecule has 1 atom stereocenters. The Bertz CT molecular complexity index is 508. The molecule has 2 rings (SSSR count). The second-order valence-electron chi connectivity index (χ2n) is 3.76. The second-order valence-corrected chi connectivity index (χ2v) is 3.76. The number of fused-ring (bicyclic) bond motifs is 1. The lowest BCUT2D eigenvalue weighted by Crippen LogP contribution is -1.91. The van der Waals surface area contributed by atoms with E-state index < -0.39 is 0 Å². The fourth-order valence-electron chi connectivity index (χ4n) is 1.67. The zero-order chi connectivity index (χ0) is 10.7. The normalized spacial score (nSPS) is 12.3. The highest BCUT2D eigenvalue weighted by atomic mass is 14.2. The molecule has 73 valence electrons. The largest absolute Gasteiger partial charge is 0.198 e. The van der Waals surface area contributed by atoms with E-state index in [2.05, 4.69) is 43.3 Å². The van der Waals surface area contributed by atoms with Crippen LogP contribution in [-0.2, 0) is 0 Å². The second kappa shape index (κ2) is 4.14. The number of rotatable bonds is 2. The van der Waals surface area contributed by atoms with Gasteiger partial charge in [0.05, 0.1) is 6.07 Å². The van der Waals surface area contributed by atoms with Crippen LogP contribution in [0.25, 0.3) is 10.8 Å². The van der Waals surface area contributed by atoms with Gasteiger partial charge in [-0.15, -0.1) is 0 Å². The number of hydrogen-bond acceptors (Lipinski definition) is 1. The van der Waals surface area contributed by atoms with E-state index in [-0.39, 0.29) is 5.92 Å². The first-order valence-corrected chi connectivity index (χ1v) is 5.09. The van der Waals surface area contributed by atoms with Crippen LogP contribution in [0.15, 0.2) is 36.4 Å². The lowest BCUT2D eigenvalue weighted by Gasteiger charge is -2.07. The van der Waals surface area contributed by atoms with E-state index in [9.17, 15) is 0 Å². The molecule has 0 aliphatic carbocycles. The summed E-state index contributed by atoms with van der Waals surface area (Å²) in [4.78, 5) is 0. The summed E-state index contributed by atoms with van der Waals surface area (Å²) >= 11 is 0. The van der Waals surface area contributed by atoms with E-state index >= 15 is 0 Å². The van der Waals surface area contributed by atoms with Crippen LogP contribution >= 0.6 is 0 Å². The first-order valence-electron chi connectivity index (χ1n) is 5.09. The quantitative estimate of drug-likeness (QED) is 0.715. The molecule has 2 aromatic rings. The fraction of sp³-hybridized carbons (Fsp3) is 0.214. The van der Waals surface area contributed by atoms with Crippen molar-refractivity contribution < 1.29 is 0 Å². The van der Waals surface area contributed by atoms with Crippen LogP contribution in [0.2, 0.25) is 0 Å². The van der Waals surface area contributed by atoms with Crippen molar-refractivity contribution in [1.29, 1.82) is 5.26 Å². The van der Waals surface area contributed by atoms with Crippen molar-refractivity contribution in [2.45, 2.75) is 19.3 Å². The molecule has 0 aliphatic rings. The Morgan fingerprint density at radius 3 is 2.87 bits per heavy atom. The number of hydrogen-bond donors (Lipinski definition) is 0. The summed E-state index contributed by atoms with van der Waals surface area (Å²) in [6.45, 7) is 2.06. The Hall–Kier alpha value is -1.81. The Labute approximate surface area is 90.0 Å². The third-order valence-electron chi connectivity index (χ3n) is 2.61. The van der Waals surface area contributed by atoms with Gasteiger partial charge in [0.25, 0.3) is 0 Å². The first kappa shape index (κ1) is 9.73.